The second-order valence-corrected chi connectivity index (χ2v) is 8.67. The predicted molar refractivity (Wildman–Crippen MR) is 135 cm³/mol. The van der Waals surface area contributed by atoms with Crippen LogP contribution in [0.2, 0.25) is 10.0 Å². The van der Waals surface area contributed by atoms with Crippen molar-refractivity contribution in [2.45, 2.75) is 12.3 Å². The van der Waals surface area contributed by atoms with Crippen molar-refractivity contribution in [3.63, 3.8) is 0 Å². The Morgan fingerprint density at radius 2 is 1.97 bits per heavy atom. The highest BCUT2D eigenvalue weighted by atomic mass is 35.5. The lowest BCUT2D eigenvalue weighted by atomic mass is 9.98. The van der Waals surface area contributed by atoms with Crippen LogP contribution < -0.4 is 20.1 Å². The third kappa shape index (κ3) is 4.64. The molecule has 3 aromatic rings. The monoisotopic (exact) mass is 512 g/mol. The molecule has 0 radical (unpaired) electrons. The first-order valence-corrected chi connectivity index (χ1v) is 11.3. The fraction of sp³-hybridized carbons (Fsp3) is 0.125. The van der Waals surface area contributed by atoms with Crippen LogP contribution in [0.25, 0.3) is 0 Å². The smallest absolute Gasteiger partial charge is 0.250 e. The number of carbonyl (C=O) groups excluding carboxylic acids is 2. The van der Waals surface area contributed by atoms with Crippen molar-refractivity contribution < 1.29 is 14.3 Å². The van der Waals surface area contributed by atoms with Crippen molar-refractivity contribution in [2.75, 3.05) is 16.2 Å². The highest BCUT2D eigenvalue weighted by molar-refractivity contribution is 7.81. The normalized spacial score (nSPS) is 15.2. The van der Waals surface area contributed by atoms with Crippen LogP contribution in [-0.4, -0.2) is 18.4 Å². The van der Waals surface area contributed by atoms with E-state index in [1.54, 1.807) is 53.4 Å². The second kappa shape index (κ2) is 9.85. The summed E-state index contributed by atoms with van der Waals surface area (Å²) >= 11 is 16.6. The predicted octanol–water partition coefficient (Wildman–Crippen LogP) is 5.53. The lowest BCUT2D eigenvalue weighted by molar-refractivity contribution is -0.117. The van der Waals surface area contributed by atoms with Gasteiger partial charge in [-0.15, -0.1) is 0 Å². The largest absolute Gasteiger partial charge is 0.453 e. The standard InChI is InChI=1S/C24H18Cl2N4O3S/c25-18-6-4-13(8-21(18)33-23-14(11-27)2-1-3-19(23)26)15-9-22(31)30(12-15)16-5-7-20(29-34)17(10-16)24(28)32/h1-8,10,15,29,34H,9,12H2,(H2,28,32)/t15-/m0/s1. The van der Waals surface area contributed by atoms with E-state index in [2.05, 4.69) is 23.6 Å². The fourth-order valence-electron chi connectivity index (χ4n) is 3.84. The second-order valence-electron chi connectivity index (χ2n) is 7.63. The van der Waals surface area contributed by atoms with Crippen LogP contribution in [0.1, 0.15) is 33.8 Å². The van der Waals surface area contributed by atoms with Gasteiger partial charge in [0.25, 0.3) is 5.91 Å². The maximum atomic E-state index is 12.8. The zero-order valence-corrected chi connectivity index (χ0v) is 20.0. The Labute approximate surface area is 211 Å². The zero-order chi connectivity index (χ0) is 24.4. The first kappa shape index (κ1) is 23.8. The molecule has 1 fully saturated rings. The van der Waals surface area contributed by atoms with E-state index in [9.17, 15) is 14.9 Å². The number of nitrogens with two attached hydrogens (primary N) is 1. The third-order valence-electron chi connectivity index (χ3n) is 5.55. The molecule has 34 heavy (non-hydrogen) atoms. The van der Waals surface area contributed by atoms with Crippen molar-refractivity contribution in [1.29, 1.82) is 5.26 Å². The number of nitriles is 1. The number of para-hydroxylation sites is 1. The van der Waals surface area contributed by atoms with Gasteiger partial charge in [0, 0.05) is 24.6 Å². The number of anilines is 2. The summed E-state index contributed by atoms with van der Waals surface area (Å²) in [4.78, 5) is 26.2. The van der Waals surface area contributed by atoms with Gasteiger partial charge in [-0.25, -0.2) is 0 Å². The Hall–Kier alpha value is -3.38. The summed E-state index contributed by atoms with van der Waals surface area (Å²) in [5.41, 5.74) is 7.84. The lowest BCUT2D eigenvalue weighted by Crippen LogP contribution is -2.25. The molecule has 0 unspecified atom stereocenters. The number of amides is 2. The van der Waals surface area contributed by atoms with Crippen LogP contribution in [0.3, 0.4) is 0 Å². The van der Waals surface area contributed by atoms with Crippen LogP contribution in [0, 0.1) is 11.3 Å². The number of hydrogen-bond acceptors (Lipinski definition) is 6. The molecule has 0 saturated carbocycles. The van der Waals surface area contributed by atoms with E-state index < -0.39 is 5.91 Å². The molecule has 2 amide bonds. The molecular weight excluding hydrogens is 495 g/mol. The summed E-state index contributed by atoms with van der Waals surface area (Å²) in [7, 11) is 0. The summed E-state index contributed by atoms with van der Waals surface area (Å²) in [6, 6.07) is 17.1. The Bertz CT molecular complexity index is 1340. The van der Waals surface area contributed by atoms with E-state index in [4.69, 9.17) is 33.7 Å². The van der Waals surface area contributed by atoms with Crippen LogP contribution in [0.4, 0.5) is 11.4 Å². The van der Waals surface area contributed by atoms with Gasteiger partial charge in [0.15, 0.2) is 5.75 Å². The number of hydrogen-bond donors (Lipinski definition) is 3. The Balaban J connectivity index is 1.61. The van der Waals surface area contributed by atoms with E-state index in [1.165, 1.54) is 0 Å². The van der Waals surface area contributed by atoms with Crippen molar-refractivity contribution in [3.05, 3.63) is 81.3 Å². The van der Waals surface area contributed by atoms with Gasteiger partial charge < -0.3 is 20.1 Å². The molecule has 1 heterocycles. The maximum absolute atomic E-state index is 12.8. The number of rotatable bonds is 6. The molecule has 3 N–H and O–H groups in total. The van der Waals surface area contributed by atoms with Crippen LogP contribution >= 0.6 is 36.0 Å². The lowest BCUT2D eigenvalue weighted by Gasteiger charge is -2.19. The van der Waals surface area contributed by atoms with Gasteiger partial charge in [0.05, 0.1) is 26.9 Å². The highest BCUT2D eigenvalue weighted by Gasteiger charge is 2.32. The SMILES string of the molecule is N#Cc1cccc(Cl)c1Oc1cc([C@H]2CC(=O)N(c3ccc(NS)c(C(N)=O)c3)C2)ccc1Cl. The highest BCUT2D eigenvalue weighted by Crippen LogP contribution is 2.40. The van der Waals surface area contributed by atoms with E-state index in [-0.39, 0.29) is 40.1 Å². The number of halogens is 2. The minimum Gasteiger partial charge on any atom is -0.453 e. The third-order valence-corrected chi connectivity index (χ3v) is 6.40. The minimum atomic E-state index is -0.627. The van der Waals surface area contributed by atoms with Crippen molar-refractivity contribution >= 4 is 59.2 Å². The maximum Gasteiger partial charge on any atom is 0.250 e. The number of primary amides is 1. The van der Waals surface area contributed by atoms with Gasteiger partial charge in [0.2, 0.25) is 5.91 Å². The van der Waals surface area contributed by atoms with Gasteiger partial charge in [-0.05, 0) is 48.0 Å². The molecule has 4 rings (SSSR count). The minimum absolute atomic E-state index is 0.0951. The molecule has 1 saturated heterocycles. The summed E-state index contributed by atoms with van der Waals surface area (Å²) in [5.74, 6) is -0.324. The number of nitrogens with one attached hydrogen (secondary N) is 1. The molecule has 0 spiro atoms. The van der Waals surface area contributed by atoms with E-state index in [0.29, 0.717) is 28.7 Å². The number of benzene rings is 3. The van der Waals surface area contributed by atoms with Crippen molar-refractivity contribution in [3.8, 4) is 17.6 Å². The molecule has 0 aliphatic carbocycles. The number of ether oxygens (including phenoxy) is 1. The van der Waals surface area contributed by atoms with Gasteiger partial charge in [-0.1, -0.05) is 48.1 Å². The summed E-state index contributed by atoms with van der Waals surface area (Å²) < 4.78 is 8.54. The molecule has 10 heteroatoms. The molecule has 0 aromatic heterocycles. The number of carbonyl (C=O) groups is 2. The molecule has 1 aliphatic heterocycles. The average molecular weight is 513 g/mol. The topological polar surface area (TPSA) is 108 Å². The Kier molecular flexibility index (Phi) is 6.89. The van der Waals surface area contributed by atoms with E-state index in [1.807, 2.05) is 6.07 Å². The van der Waals surface area contributed by atoms with Gasteiger partial charge >= 0.3 is 0 Å². The summed E-state index contributed by atoms with van der Waals surface area (Å²) in [5, 5.41) is 10.00. The van der Waals surface area contributed by atoms with Crippen molar-refractivity contribution in [2.24, 2.45) is 5.73 Å². The van der Waals surface area contributed by atoms with Gasteiger partial charge in [-0.2, -0.15) is 5.26 Å². The Morgan fingerprint density at radius 1 is 1.18 bits per heavy atom. The number of thiol groups is 1. The number of nitrogens with zero attached hydrogens (tertiary/aromatic N) is 2. The van der Waals surface area contributed by atoms with Crippen LogP contribution in [0.5, 0.6) is 11.5 Å². The molecule has 1 atom stereocenters. The van der Waals surface area contributed by atoms with E-state index >= 15 is 0 Å². The fourth-order valence-corrected chi connectivity index (χ4v) is 4.41. The van der Waals surface area contributed by atoms with Gasteiger partial charge in [-0.3, -0.25) is 9.59 Å². The molecule has 0 bridgehead atoms. The quantitative estimate of drug-likeness (QED) is 0.376. The molecule has 172 valence electrons. The summed E-state index contributed by atoms with van der Waals surface area (Å²) in [6.07, 6.45) is 0.259. The average Bonchev–Trinajstić information content (AvgIpc) is 3.22. The van der Waals surface area contributed by atoms with E-state index in [0.717, 1.165) is 5.56 Å². The molecule has 1 aliphatic rings. The van der Waals surface area contributed by atoms with Crippen LogP contribution in [-0.2, 0) is 4.79 Å². The van der Waals surface area contributed by atoms with Gasteiger partial charge in [0.1, 0.15) is 11.8 Å². The summed E-state index contributed by atoms with van der Waals surface area (Å²) in [6.45, 7) is 0.390. The van der Waals surface area contributed by atoms with Crippen LogP contribution in [0.15, 0.2) is 54.6 Å². The molecule has 7 nitrogen and oxygen atoms in total. The zero-order valence-electron chi connectivity index (χ0n) is 17.6. The first-order chi connectivity index (χ1) is 16.3. The van der Waals surface area contributed by atoms with Crippen molar-refractivity contribution in [1.82, 2.24) is 0 Å². The molecular formula is C24H18Cl2N4O3S. The molecule has 3 aromatic carbocycles. The first-order valence-electron chi connectivity index (χ1n) is 10.1. The Morgan fingerprint density at radius 3 is 2.68 bits per heavy atom.